The van der Waals surface area contributed by atoms with Crippen LogP contribution >= 0.6 is 0 Å². The second-order valence-corrected chi connectivity index (χ2v) is 7.57. The summed E-state index contributed by atoms with van der Waals surface area (Å²) in [6, 6.07) is 2.37. The Labute approximate surface area is 147 Å². The van der Waals surface area contributed by atoms with E-state index in [-0.39, 0.29) is 23.4 Å². The number of benzene rings is 1. The number of halogens is 2. The lowest BCUT2D eigenvalue weighted by molar-refractivity contribution is -0.130. The molecule has 6 heteroatoms. The third kappa shape index (κ3) is 4.77. The third-order valence-electron chi connectivity index (χ3n) is 4.32. The molecule has 1 aliphatic heterocycles. The van der Waals surface area contributed by atoms with Gasteiger partial charge in [-0.3, -0.25) is 9.59 Å². The lowest BCUT2D eigenvalue weighted by atomic mass is 9.94. The van der Waals surface area contributed by atoms with Crippen LogP contribution in [-0.4, -0.2) is 35.3 Å². The predicted octanol–water partition coefficient (Wildman–Crippen LogP) is 3.37. The normalized spacial score (nSPS) is 21.0. The highest BCUT2D eigenvalue weighted by Crippen LogP contribution is 2.22. The van der Waals surface area contributed by atoms with Crippen LogP contribution in [0.1, 0.15) is 50.9 Å². The van der Waals surface area contributed by atoms with Gasteiger partial charge in [-0.1, -0.05) is 27.7 Å². The van der Waals surface area contributed by atoms with Crippen molar-refractivity contribution in [3.05, 3.63) is 35.4 Å². The lowest BCUT2D eigenvalue weighted by Crippen LogP contribution is -2.62. The molecule has 0 radical (unpaired) electrons. The smallest absolute Gasteiger partial charge is 0.254 e. The van der Waals surface area contributed by atoms with Crippen molar-refractivity contribution in [1.29, 1.82) is 0 Å². The first kappa shape index (κ1) is 19.3. The van der Waals surface area contributed by atoms with Gasteiger partial charge in [-0.2, -0.15) is 0 Å². The number of nitrogens with zero attached hydrogens (tertiary/aromatic N) is 1. The maximum absolute atomic E-state index is 13.5. The number of hydrogen-bond acceptors (Lipinski definition) is 2. The second kappa shape index (κ2) is 7.93. The molecule has 1 N–H and O–H groups in total. The van der Waals surface area contributed by atoms with Gasteiger partial charge in [0.2, 0.25) is 5.91 Å². The Bertz CT molecular complexity index is 646. The summed E-state index contributed by atoms with van der Waals surface area (Å²) in [7, 11) is 0. The molecule has 0 saturated carbocycles. The largest absolute Gasteiger partial charge is 0.350 e. The number of piperazine rings is 1. The molecule has 1 aromatic carbocycles. The molecule has 1 aromatic rings. The summed E-state index contributed by atoms with van der Waals surface area (Å²) in [4.78, 5) is 27.0. The van der Waals surface area contributed by atoms with E-state index >= 15 is 0 Å². The molecule has 0 unspecified atom stereocenters. The zero-order chi connectivity index (χ0) is 18.7. The van der Waals surface area contributed by atoms with Crippen LogP contribution in [0.5, 0.6) is 0 Å². The van der Waals surface area contributed by atoms with Crippen molar-refractivity contribution in [3.63, 3.8) is 0 Å². The third-order valence-corrected chi connectivity index (χ3v) is 4.32. The molecule has 0 spiro atoms. The van der Waals surface area contributed by atoms with Crippen LogP contribution in [0.25, 0.3) is 0 Å². The monoisotopic (exact) mass is 352 g/mol. The van der Waals surface area contributed by atoms with E-state index in [0.717, 1.165) is 18.6 Å². The van der Waals surface area contributed by atoms with Gasteiger partial charge >= 0.3 is 0 Å². The fourth-order valence-corrected chi connectivity index (χ4v) is 3.25. The molecule has 138 valence electrons. The van der Waals surface area contributed by atoms with Gasteiger partial charge in [0.1, 0.15) is 6.04 Å². The minimum atomic E-state index is -1.06. The number of carbonyl (C=O) groups is 2. The summed E-state index contributed by atoms with van der Waals surface area (Å²) >= 11 is 0. The zero-order valence-electron chi connectivity index (χ0n) is 15.2. The lowest BCUT2D eigenvalue weighted by Gasteiger charge is -2.40. The Morgan fingerprint density at radius 2 is 1.80 bits per heavy atom. The van der Waals surface area contributed by atoms with E-state index in [1.807, 2.05) is 27.7 Å². The van der Waals surface area contributed by atoms with E-state index in [4.69, 9.17) is 0 Å². The molecule has 0 aliphatic carbocycles. The van der Waals surface area contributed by atoms with Gasteiger partial charge in [0.25, 0.3) is 5.91 Å². The number of rotatable bonds is 5. The molecule has 0 aromatic heterocycles. The van der Waals surface area contributed by atoms with Crippen molar-refractivity contribution in [2.24, 2.45) is 11.8 Å². The standard InChI is InChI=1S/C19H26F2N2O2/c1-11(2)7-14-10-23(17(8-12(3)4)18(24)22-14)19(25)13-5-6-15(20)16(21)9-13/h5-6,9,11-12,14,17H,7-8,10H2,1-4H3,(H,22,24)/t14-,17-/m0/s1. The quantitative estimate of drug-likeness (QED) is 0.883. The Morgan fingerprint density at radius 1 is 1.16 bits per heavy atom. The first-order chi connectivity index (χ1) is 11.7. The van der Waals surface area contributed by atoms with Gasteiger partial charge in [-0.25, -0.2) is 8.78 Å². The maximum atomic E-state index is 13.5. The minimum absolute atomic E-state index is 0.0608. The predicted molar refractivity (Wildman–Crippen MR) is 92.0 cm³/mol. The summed E-state index contributed by atoms with van der Waals surface area (Å²) in [6.45, 7) is 8.43. The summed E-state index contributed by atoms with van der Waals surface area (Å²) in [6.07, 6.45) is 1.28. The van der Waals surface area contributed by atoms with Gasteiger partial charge < -0.3 is 10.2 Å². The molecule has 4 nitrogen and oxygen atoms in total. The Morgan fingerprint density at radius 3 is 2.36 bits per heavy atom. The van der Waals surface area contributed by atoms with Crippen LogP contribution in [0.3, 0.4) is 0 Å². The molecule has 1 aliphatic rings. The molecule has 25 heavy (non-hydrogen) atoms. The van der Waals surface area contributed by atoms with Crippen molar-refractivity contribution < 1.29 is 18.4 Å². The highest BCUT2D eigenvalue weighted by atomic mass is 19.2. The van der Waals surface area contributed by atoms with Crippen LogP contribution in [0, 0.1) is 23.5 Å². The van der Waals surface area contributed by atoms with Crippen molar-refractivity contribution in [2.45, 2.75) is 52.6 Å². The maximum Gasteiger partial charge on any atom is 0.254 e. The minimum Gasteiger partial charge on any atom is -0.350 e. The van der Waals surface area contributed by atoms with Crippen LogP contribution in [0.15, 0.2) is 18.2 Å². The number of amides is 2. The summed E-state index contributed by atoms with van der Waals surface area (Å²) in [5, 5.41) is 2.99. The van der Waals surface area contributed by atoms with Crippen LogP contribution in [0.2, 0.25) is 0 Å². The van der Waals surface area contributed by atoms with Crippen molar-refractivity contribution in [1.82, 2.24) is 10.2 Å². The average molecular weight is 352 g/mol. The number of nitrogens with one attached hydrogen (secondary N) is 1. The first-order valence-corrected chi connectivity index (χ1v) is 8.75. The number of hydrogen-bond donors (Lipinski definition) is 1. The highest BCUT2D eigenvalue weighted by Gasteiger charge is 2.38. The highest BCUT2D eigenvalue weighted by molar-refractivity contribution is 5.98. The molecule has 0 bridgehead atoms. The molecular weight excluding hydrogens is 326 g/mol. The van der Waals surface area contributed by atoms with E-state index in [2.05, 4.69) is 5.32 Å². The molecule has 1 fully saturated rings. The van der Waals surface area contributed by atoms with Crippen LogP contribution in [0.4, 0.5) is 8.78 Å². The summed E-state index contributed by atoms with van der Waals surface area (Å²) < 4.78 is 26.7. The summed E-state index contributed by atoms with van der Waals surface area (Å²) in [5.74, 6) is -2.09. The van der Waals surface area contributed by atoms with Gasteiger partial charge in [-0.05, 0) is 42.9 Å². The van der Waals surface area contributed by atoms with E-state index in [1.54, 1.807) is 0 Å². The van der Waals surface area contributed by atoms with Gasteiger partial charge in [-0.15, -0.1) is 0 Å². The zero-order valence-corrected chi connectivity index (χ0v) is 15.2. The van der Waals surface area contributed by atoms with Gasteiger partial charge in [0.15, 0.2) is 11.6 Å². The molecular formula is C19H26F2N2O2. The van der Waals surface area contributed by atoms with Gasteiger partial charge in [0, 0.05) is 18.2 Å². The van der Waals surface area contributed by atoms with E-state index in [0.29, 0.717) is 18.9 Å². The SMILES string of the molecule is CC(C)C[C@H]1CN(C(=O)c2ccc(F)c(F)c2)[C@@H](CC(C)C)C(=O)N1. The number of carbonyl (C=O) groups excluding carboxylic acids is 2. The molecule has 1 saturated heterocycles. The fraction of sp³-hybridized carbons (Fsp3) is 0.579. The first-order valence-electron chi connectivity index (χ1n) is 8.75. The Balaban J connectivity index is 2.30. The second-order valence-electron chi connectivity index (χ2n) is 7.57. The van der Waals surface area contributed by atoms with Gasteiger partial charge in [0.05, 0.1) is 0 Å². The molecule has 2 rings (SSSR count). The van der Waals surface area contributed by atoms with Crippen molar-refractivity contribution >= 4 is 11.8 Å². The molecule has 1 heterocycles. The molecule has 2 amide bonds. The Hall–Kier alpha value is -1.98. The van der Waals surface area contributed by atoms with Crippen molar-refractivity contribution in [3.8, 4) is 0 Å². The average Bonchev–Trinajstić information content (AvgIpc) is 2.50. The Kier molecular flexibility index (Phi) is 6.14. The summed E-state index contributed by atoms with van der Waals surface area (Å²) in [5.41, 5.74) is 0.0608. The van der Waals surface area contributed by atoms with E-state index in [1.165, 1.54) is 11.0 Å². The fourth-order valence-electron chi connectivity index (χ4n) is 3.25. The molecule has 2 atom stereocenters. The van der Waals surface area contributed by atoms with E-state index < -0.39 is 23.6 Å². The van der Waals surface area contributed by atoms with Crippen LogP contribution < -0.4 is 5.32 Å². The van der Waals surface area contributed by atoms with Crippen molar-refractivity contribution in [2.75, 3.05) is 6.54 Å². The van der Waals surface area contributed by atoms with E-state index in [9.17, 15) is 18.4 Å². The van der Waals surface area contributed by atoms with Crippen LogP contribution in [-0.2, 0) is 4.79 Å². The topological polar surface area (TPSA) is 49.4 Å².